The first-order chi connectivity index (χ1) is 14.4. The Morgan fingerprint density at radius 3 is 1.67 bits per heavy atom. The van der Waals surface area contributed by atoms with Gasteiger partial charge in [-0.2, -0.15) is 0 Å². The van der Waals surface area contributed by atoms with Gasteiger partial charge in [0, 0.05) is 13.1 Å². The van der Waals surface area contributed by atoms with Gasteiger partial charge < -0.3 is 9.47 Å². The molecule has 0 heterocycles. The van der Waals surface area contributed by atoms with Crippen molar-refractivity contribution in [3.8, 4) is 11.5 Å². The summed E-state index contributed by atoms with van der Waals surface area (Å²) in [5.74, 6) is 2.23. The predicted molar refractivity (Wildman–Crippen MR) is 126 cm³/mol. The second-order valence-corrected chi connectivity index (χ2v) is 9.59. The van der Waals surface area contributed by atoms with Crippen molar-refractivity contribution in [2.24, 2.45) is 11.8 Å². The maximum absolute atomic E-state index is 13.8. The van der Waals surface area contributed by atoms with E-state index in [4.69, 9.17) is 9.47 Å². The Hall–Kier alpha value is -2.11. The van der Waals surface area contributed by atoms with Gasteiger partial charge in [-0.25, -0.2) is 8.51 Å². The maximum atomic E-state index is 13.8. The van der Waals surface area contributed by atoms with Crippen LogP contribution >= 0.6 is 0 Å². The molecule has 0 radical (unpaired) electrons. The molecule has 0 saturated heterocycles. The van der Waals surface area contributed by atoms with E-state index in [1.165, 1.54) is 0 Å². The van der Waals surface area contributed by atoms with Gasteiger partial charge in [-0.3, -0.25) is 0 Å². The SMILES string of the molecule is C=CC[C@@H](C)C(C(C)C)S(=O)N(Cc1ccc(OC)cc1)Cc1ccc(OC)cc1. The molecule has 0 fully saturated rings. The average molecular weight is 430 g/mol. The van der Waals surface area contributed by atoms with E-state index in [2.05, 4.69) is 31.7 Å². The van der Waals surface area contributed by atoms with Gasteiger partial charge >= 0.3 is 0 Å². The van der Waals surface area contributed by atoms with E-state index >= 15 is 0 Å². The van der Waals surface area contributed by atoms with Gasteiger partial charge in [0.05, 0.1) is 30.5 Å². The first kappa shape index (κ1) is 24.2. The van der Waals surface area contributed by atoms with Crippen LogP contribution in [-0.2, 0) is 24.1 Å². The van der Waals surface area contributed by atoms with E-state index in [0.717, 1.165) is 29.0 Å². The van der Waals surface area contributed by atoms with Crippen molar-refractivity contribution in [2.75, 3.05) is 14.2 Å². The highest BCUT2D eigenvalue weighted by Gasteiger charge is 2.30. The Morgan fingerprint density at radius 1 is 0.900 bits per heavy atom. The van der Waals surface area contributed by atoms with Crippen molar-refractivity contribution in [1.29, 1.82) is 0 Å². The zero-order chi connectivity index (χ0) is 22.1. The standard InChI is InChI=1S/C25H35NO3S/c1-7-8-20(4)25(19(2)3)30(27)26(17-21-9-13-23(28-5)14-10-21)18-22-11-15-24(29-6)16-12-22/h7,9-16,19-20,25H,1,8,17-18H2,2-6H3/t20-,25?,30?/m1/s1. The van der Waals surface area contributed by atoms with Crippen LogP contribution < -0.4 is 9.47 Å². The highest BCUT2D eigenvalue weighted by Crippen LogP contribution is 2.27. The van der Waals surface area contributed by atoms with Crippen LogP contribution in [0.2, 0.25) is 0 Å². The number of ether oxygens (including phenoxy) is 2. The number of nitrogens with zero attached hydrogens (tertiary/aromatic N) is 1. The Labute approximate surface area is 184 Å². The van der Waals surface area contributed by atoms with Crippen LogP contribution in [0.4, 0.5) is 0 Å². The van der Waals surface area contributed by atoms with E-state index in [0.29, 0.717) is 19.0 Å². The molecule has 2 rings (SSSR count). The molecule has 0 N–H and O–H groups in total. The molecule has 164 valence electrons. The zero-order valence-electron chi connectivity index (χ0n) is 18.8. The molecular weight excluding hydrogens is 394 g/mol. The normalized spacial score (nSPS) is 14.4. The molecule has 3 atom stereocenters. The number of hydrogen-bond acceptors (Lipinski definition) is 3. The molecule has 0 aromatic heterocycles. The Balaban J connectivity index is 2.31. The quantitative estimate of drug-likeness (QED) is 0.412. The summed E-state index contributed by atoms with van der Waals surface area (Å²) in [6.45, 7) is 11.6. The van der Waals surface area contributed by atoms with E-state index in [9.17, 15) is 4.21 Å². The Kier molecular flexibility index (Phi) is 9.60. The van der Waals surface area contributed by atoms with Gasteiger partial charge in [-0.05, 0) is 53.6 Å². The highest BCUT2D eigenvalue weighted by molar-refractivity contribution is 7.83. The van der Waals surface area contributed by atoms with Crippen LogP contribution in [0.25, 0.3) is 0 Å². The molecule has 0 bridgehead atoms. The summed E-state index contributed by atoms with van der Waals surface area (Å²) in [5, 5.41) is 0.0551. The van der Waals surface area contributed by atoms with Crippen LogP contribution in [0.3, 0.4) is 0 Å². The molecule has 30 heavy (non-hydrogen) atoms. The summed E-state index contributed by atoms with van der Waals surface area (Å²) < 4.78 is 26.4. The lowest BCUT2D eigenvalue weighted by atomic mass is 9.95. The lowest BCUT2D eigenvalue weighted by Crippen LogP contribution is -2.39. The third-order valence-electron chi connectivity index (χ3n) is 5.28. The number of hydrogen-bond donors (Lipinski definition) is 0. The summed E-state index contributed by atoms with van der Waals surface area (Å²) in [6, 6.07) is 15.9. The maximum Gasteiger partial charge on any atom is 0.118 e. The fraction of sp³-hybridized carbons (Fsp3) is 0.440. The molecule has 0 aliphatic heterocycles. The lowest BCUT2D eigenvalue weighted by Gasteiger charge is -2.32. The van der Waals surface area contributed by atoms with Crippen LogP contribution in [-0.4, -0.2) is 28.0 Å². The van der Waals surface area contributed by atoms with Gasteiger partial charge in [0.2, 0.25) is 0 Å². The molecule has 0 saturated carbocycles. The van der Waals surface area contributed by atoms with Gasteiger partial charge in [0.15, 0.2) is 0 Å². The third kappa shape index (κ3) is 6.71. The Morgan fingerprint density at radius 2 is 1.33 bits per heavy atom. The predicted octanol–water partition coefficient (Wildman–Crippen LogP) is 5.61. The molecule has 4 nitrogen and oxygen atoms in total. The average Bonchev–Trinajstić information content (AvgIpc) is 2.74. The van der Waals surface area contributed by atoms with Crippen molar-refractivity contribution in [1.82, 2.24) is 4.31 Å². The second kappa shape index (κ2) is 11.9. The monoisotopic (exact) mass is 429 g/mol. The summed E-state index contributed by atoms with van der Waals surface area (Å²) in [5.41, 5.74) is 2.22. The van der Waals surface area contributed by atoms with E-state index < -0.39 is 11.0 Å². The fourth-order valence-electron chi connectivity index (χ4n) is 3.71. The van der Waals surface area contributed by atoms with Crippen LogP contribution in [0.15, 0.2) is 61.2 Å². The van der Waals surface area contributed by atoms with Crippen molar-refractivity contribution in [3.63, 3.8) is 0 Å². The van der Waals surface area contributed by atoms with E-state index in [1.54, 1.807) is 14.2 Å². The molecule has 2 unspecified atom stereocenters. The first-order valence-corrected chi connectivity index (χ1v) is 11.6. The van der Waals surface area contributed by atoms with Gasteiger partial charge in [-0.15, -0.1) is 6.58 Å². The largest absolute Gasteiger partial charge is 0.497 e. The fourth-order valence-corrected chi connectivity index (χ4v) is 5.58. The summed E-state index contributed by atoms with van der Waals surface area (Å²) >= 11 is 0. The van der Waals surface area contributed by atoms with Crippen molar-refractivity contribution < 1.29 is 13.7 Å². The molecule has 0 aliphatic carbocycles. The third-order valence-corrected chi connectivity index (χ3v) is 7.52. The molecule has 0 spiro atoms. The highest BCUT2D eigenvalue weighted by atomic mass is 32.2. The first-order valence-electron chi connectivity index (χ1n) is 10.4. The number of methoxy groups -OCH3 is 2. The number of rotatable bonds is 12. The topological polar surface area (TPSA) is 38.8 Å². The molecule has 0 amide bonds. The smallest absolute Gasteiger partial charge is 0.118 e. The molecular formula is C25H35NO3S. The Bertz CT molecular complexity index is 753. The van der Waals surface area contributed by atoms with Crippen molar-refractivity contribution in [2.45, 2.75) is 45.5 Å². The minimum atomic E-state index is -1.15. The van der Waals surface area contributed by atoms with Crippen molar-refractivity contribution in [3.05, 3.63) is 72.3 Å². The van der Waals surface area contributed by atoms with Crippen LogP contribution in [0, 0.1) is 11.8 Å². The molecule has 2 aromatic carbocycles. The summed E-state index contributed by atoms with van der Waals surface area (Å²) in [4.78, 5) is 0. The zero-order valence-corrected chi connectivity index (χ0v) is 19.7. The second-order valence-electron chi connectivity index (χ2n) is 7.98. The molecule has 2 aromatic rings. The van der Waals surface area contributed by atoms with Gasteiger partial charge in [0.1, 0.15) is 11.5 Å². The number of allylic oxidation sites excluding steroid dienone is 1. The van der Waals surface area contributed by atoms with E-state index in [1.807, 2.05) is 54.6 Å². The lowest BCUT2D eigenvalue weighted by molar-refractivity contribution is 0.387. The van der Waals surface area contributed by atoms with Gasteiger partial charge in [-0.1, -0.05) is 51.1 Å². The molecule has 5 heteroatoms. The summed E-state index contributed by atoms with van der Waals surface area (Å²) in [7, 11) is 2.17. The minimum absolute atomic E-state index is 0.0551. The number of benzene rings is 2. The van der Waals surface area contributed by atoms with E-state index in [-0.39, 0.29) is 11.2 Å². The molecule has 0 aliphatic rings. The summed E-state index contributed by atoms with van der Waals surface area (Å²) in [6.07, 6.45) is 2.78. The van der Waals surface area contributed by atoms with Crippen LogP contribution in [0.5, 0.6) is 11.5 Å². The van der Waals surface area contributed by atoms with Crippen molar-refractivity contribution >= 4 is 11.0 Å². The van der Waals surface area contributed by atoms with Crippen LogP contribution in [0.1, 0.15) is 38.3 Å². The van der Waals surface area contributed by atoms with Gasteiger partial charge in [0.25, 0.3) is 0 Å². The minimum Gasteiger partial charge on any atom is -0.497 e.